The van der Waals surface area contributed by atoms with Crippen molar-refractivity contribution in [2.24, 2.45) is 17.1 Å². The van der Waals surface area contributed by atoms with Gasteiger partial charge in [0.1, 0.15) is 0 Å². The molecule has 1 heterocycles. The van der Waals surface area contributed by atoms with Gasteiger partial charge in [-0.3, -0.25) is 4.79 Å². The number of rotatable bonds is 3. The molecule has 0 saturated carbocycles. The third kappa shape index (κ3) is 4.31. The maximum atomic E-state index is 12.3. The molecule has 1 atom stereocenters. The number of likely N-dealkylation sites (tertiary alicyclic amines) is 1. The Bertz CT molecular complexity index is 473. The van der Waals surface area contributed by atoms with Gasteiger partial charge in [0.05, 0.1) is 0 Å². The first-order valence-electron chi connectivity index (χ1n) is 7.96. The van der Waals surface area contributed by atoms with Gasteiger partial charge in [-0.2, -0.15) is 0 Å². The summed E-state index contributed by atoms with van der Waals surface area (Å²) in [5.74, 6) is 0.927. The van der Waals surface area contributed by atoms with E-state index in [2.05, 4.69) is 45.0 Å². The van der Waals surface area contributed by atoms with Crippen LogP contribution in [0.1, 0.15) is 51.2 Å². The first-order valence-corrected chi connectivity index (χ1v) is 7.96. The Labute approximate surface area is 128 Å². The van der Waals surface area contributed by atoms with E-state index in [0.29, 0.717) is 30.2 Å². The van der Waals surface area contributed by atoms with Gasteiger partial charge in [-0.15, -0.1) is 0 Å². The molecular formula is C18H28N2O. The number of carbonyl (C=O) groups excluding carboxylic acids is 1. The van der Waals surface area contributed by atoms with Crippen molar-refractivity contribution in [1.82, 2.24) is 4.90 Å². The number of nitrogens with two attached hydrogens (primary N) is 1. The number of hydrogen-bond acceptors (Lipinski definition) is 2. The Morgan fingerprint density at radius 1 is 1.14 bits per heavy atom. The lowest BCUT2D eigenvalue weighted by Gasteiger charge is -2.29. The monoisotopic (exact) mass is 288 g/mol. The fourth-order valence-corrected chi connectivity index (χ4v) is 3.07. The summed E-state index contributed by atoms with van der Waals surface area (Å²) in [4.78, 5) is 14.3. The van der Waals surface area contributed by atoms with Crippen LogP contribution in [0.5, 0.6) is 0 Å². The van der Waals surface area contributed by atoms with Gasteiger partial charge in [0.2, 0.25) is 5.91 Å². The van der Waals surface area contributed by atoms with Crippen molar-refractivity contribution in [3.63, 3.8) is 0 Å². The Balaban J connectivity index is 2.00. The van der Waals surface area contributed by atoms with Crippen molar-refractivity contribution in [2.75, 3.05) is 6.54 Å². The second-order valence-electron chi connectivity index (χ2n) is 7.23. The van der Waals surface area contributed by atoms with Crippen LogP contribution in [-0.2, 0) is 17.9 Å². The summed E-state index contributed by atoms with van der Waals surface area (Å²) in [5.41, 5.74) is 8.23. The topological polar surface area (TPSA) is 46.3 Å². The van der Waals surface area contributed by atoms with Crippen LogP contribution in [0.2, 0.25) is 0 Å². The fourth-order valence-electron chi connectivity index (χ4n) is 3.07. The third-order valence-corrected chi connectivity index (χ3v) is 4.66. The Hall–Kier alpha value is -1.35. The van der Waals surface area contributed by atoms with E-state index in [-0.39, 0.29) is 0 Å². The minimum atomic E-state index is 0.291. The molecule has 1 amide bonds. The Morgan fingerprint density at radius 2 is 1.76 bits per heavy atom. The van der Waals surface area contributed by atoms with Crippen LogP contribution in [0.15, 0.2) is 24.3 Å². The second kappa shape index (κ2) is 6.61. The molecule has 1 aliphatic rings. The summed E-state index contributed by atoms with van der Waals surface area (Å²) in [7, 11) is 0. The number of carbonyl (C=O) groups is 1. The molecule has 1 aromatic rings. The van der Waals surface area contributed by atoms with E-state index in [4.69, 9.17) is 5.73 Å². The normalized spacial score (nSPS) is 20.5. The van der Waals surface area contributed by atoms with Crippen LogP contribution >= 0.6 is 0 Å². The first kappa shape index (κ1) is 16.0. The van der Waals surface area contributed by atoms with E-state index in [1.54, 1.807) is 0 Å². The Kier molecular flexibility index (Phi) is 5.04. The number of benzene rings is 1. The van der Waals surface area contributed by atoms with Gasteiger partial charge in [-0.1, -0.05) is 45.0 Å². The molecule has 1 aromatic carbocycles. The maximum Gasteiger partial charge on any atom is 0.222 e. The smallest absolute Gasteiger partial charge is 0.222 e. The van der Waals surface area contributed by atoms with Gasteiger partial charge >= 0.3 is 0 Å². The quantitative estimate of drug-likeness (QED) is 0.927. The van der Waals surface area contributed by atoms with Gasteiger partial charge in [0, 0.05) is 26.1 Å². The SMILES string of the molecule is CC(C)(C)C1CCC(=O)N(Cc2ccc(CN)cc2)CC1. The number of hydrogen-bond donors (Lipinski definition) is 1. The van der Waals surface area contributed by atoms with Crippen molar-refractivity contribution < 1.29 is 4.79 Å². The predicted octanol–water partition coefficient (Wildman–Crippen LogP) is 3.32. The molecule has 1 aliphatic heterocycles. The largest absolute Gasteiger partial charge is 0.338 e. The van der Waals surface area contributed by atoms with Crippen molar-refractivity contribution in [3.05, 3.63) is 35.4 Å². The summed E-state index contributed by atoms with van der Waals surface area (Å²) in [6.45, 7) is 9.01. The van der Waals surface area contributed by atoms with Crippen LogP contribution in [0.25, 0.3) is 0 Å². The molecule has 0 bridgehead atoms. The highest BCUT2D eigenvalue weighted by atomic mass is 16.2. The lowest BCUT2D eigenvalue weighted by atomic mass is 9.77. The molecule has 3 heteroatoms. The molecule has 0 aliphatic carbocycles. The van der Waals surface area contributed by atoms with E-state index in [9.17, 15) is 4.79 Å². The summed E-state index contributed by atoms with van der Waals surface area (Å²) in [6, 6.07) is 8.27. The number of amides is 1. The van der Waals surface area contributed by atoms with Crippen LogP contribution in [-0.4, -0.2) is 17.4 Å². The van der Waals surface area contributed by atoms with Gasteiger partial charge in [0.15, 0.2) is 0 Å². The van der Waals surface area contributed by atoms with Gasteiger partial charge < -0.3 is 10.6 Å². The first-order chi connectivity index (χ1) is 9.90. The summed E-state index contributed by atoms with van der Waals surface area (Å²) in [6.07, 6.45) is 2.81. The minimum Gasteiger partial charge on any atom is -0.338 e. The zero-order valence-electron chi connectivity index (χ0n) is 13.6. The van der Waals surface area contributed by atoms with Gasteiger partial charge in [-0.25, -0.2) is 0 Å². The number of nitrogens with zero attached hydrogens (tertiary/aromatic N) is 1. The van der Waals surface area contributed by atoms with Crippen molar-refractivity contribution in [1.29, 1.82) is 0 Å². The summed E-state index contributed by atoms with van der Waals surface area (Å²) >= 11 is 0. The molecule has 116 valence electrons. The van der Waals surface area contributed by atoms with Crippen LogP contribution in [0.3, 0.4) is 0 Å². The lowest BCUT2D eigenvalue weighted by molar-refractivity contribution is -0.131. The Morgan fingerprint density at radius 3 is 2.33 bits per heavy atom. The van der Waals surface area contributed by atoms with E-state index < -0.39 is 0 Å². The highest BCUT2D eigenvalue weighted by Crippen LogP contribution is 2.34. The molecule has 0 spiro atoms. The third-order valence-electron chi connectivity index (χ3n) is 4.66. The molecule has 0 aromatic heterocycles. The van der Waals surface area contributed by atoms with Crippen LogP contribution < -0.4 is 5.73 Å². The van der Waals surface area contributed by atoms with E-state index >= 15 is 0 Å². The van der Waals surface area contributed by atoms with E-state index in [1.807, 2.05) is 4.90 Å². The molecule has 0 radical (unpaired) electrons. The van der Waals surface area contributed by atoms with Gasteiger partial charge in [-0.05, 0) is 35.3 Å². The van der Waals surface area contributed by atoms with Crippen molar-refractivity contribution >= 4 is 5.91 Å². The average molecular weight is 288 g/mol. The fraction of sp³-hybridized carbons (Fsp3) is 0.611. The molecule has 2 rings (SSSR count). The van der Waals surface area contributed by atoms with Crippen molar-refractivity contribution in [2.45, 2.75) is 53.1 Å². The second-order valence-corrected chi connectivity index (χ2v) is 7.23. The van der Waals surface area contributed by atoms with Crippen molar-refractivity contribution in [3.8, 4) is 0 Å². The van der Waals surface area contributed by atoms with Gasteiger partial charge in [0.25, 0.3) is 0 Å². The molecule has 21 heavy (non-hydrogen) atoms. The van der Waals surface area contributed by atoms with E-state index in [0.717, 1.165) is 31.5 Å². The molecule has 1 fully saturated rings. The average Bonchev–Trinajstić information content (AvgIpc) is 2.62. The van der Waals surface area contributed by atoms with E-state index in [1.165, 1.54) is 5.56 Å². The summed E-state index contributed by atoms with van der Waals surface area (Å²) < 4.78 is 0. The zero-order valence-corrected chi connectivity index (χ0v) is 13.6. The highest BCUT2D eigenvalue weighted by Gasteiger charge is 2.29. The van der Waals surface area contributed by atoms with Crippen LogP contribution in [0.4, 0.5) is 0 Å². The molecular weight excluding hydrogens is 260 g/mol. The molecule has 1 saturated heterocycles. The molecule has 1 unspecified atom stereocenters. The summed E-state index contributed by atoms with van der Waals surface area (Å²) in [5, 5.41) is 0. The highest BCUT2D eigenvalue weighted by molar-refractivity contribution is 5.76. The minimum absolute atomic E-state index is 0.291. The van der Waals surface area contributed by atoms with Crippen LogP contribution in [0, 0.1) is 11.3 Å². The lowest BCUT2D eigenvalue weighted by Crippen LogP contribution is -2.30. The maximum absolute atomic E-state index is 12.3. The standard InChI is InChI=1S/C18H28N2O/c1-18(2,3)16-8-9-17(21)20(11-10-16)13-15-6-4-14(12-19)5-7-15/h4-7,16H,8-13,19H2,1-3H3. The predicted molar refractivity (Wildman–Crippen MR) is 86.5 cm³/mol. The zero-order chi connectivity index (χ0) is 15.5. The molecule has 2 N–H and O–H groups in total. The molecule has 3 nitrogen and oxygen atoms in total.